The summed E-state index contributed by atoms with van der Waals surface area (Å²) in [5.74, 6) is 1.16. The summed E-state index contributed by atoms with van der Waals surface area (Å²) in [6, 6.07) is 3.89. The normalized spacial score (nSPS) is 20.2. The summed E-state index contributed by atoms with van der Waals surface area (Å²) >= 11 is 0. The van der Waals surface area contributed by atoms with Crippen LogP contribution in [0.4, 0.5) is 0 Å². The SMILES string of the molecule is COc1cc(CN2CCN(CCO)CC2)c(O)c(CN2CCN(CCO)CC2)c1. The zero-order valence-electron chi connectivity index (χ0n) is 17.6. The number of β-amino-alcohol motifs (C(OH)–C–C–N with tert-alkyl or cyclic N) is 2. The summed E-state index contributed by atoms with van der Waals surface area (Å²) in [7, 11) is 1.67. The summed E-state index contributed by atoms with van der Waals surface area (Å²) in [4.78, 5) is 9.23. The van der Waals surface area contributed by atoms with Crippen LogP contribution in [0.2, 0.25) is 0 Å². The van der Waals surface area contributed by atoms with Crippen LogP contribution in [-0.4, -0.2) is 121 Å². The van der Waals surface area contributed by atoms with Crippen molar-refractivity contribution in [1.29, 1.82) is 0 Å². The molecule has 2 saturated heterocycles. The molecule has 8 nitrogen and oxygen atoms in total. The molecule has 3 N–H and O–H groups in total. The molecule has 2 heterocycles. The highest BCUT2D eigenvalue weighted by atomic mass is 16.5. The maximum atomic E-state index is 10.9. The van der Waals surface area contributed by atoms with Crippen LogP contribution in [-0.2, 0) is 13.1 Å². The van der Waals surface area contributed by atoms with E-state index < -0.39 is 0 Å². The molecule has 8 heteroatoms. The first-order valence-corrected chi connectivity index (χ1v) is 10.6. The van der Waals surface area contributed by atoms with Crippen molar-refractivity contribution in [2.24, 2.45) is 0 Å². The molecule has 164 valence electrons. The molecule has 0 saturated carbocycles. The molecule has 1 aromatic carbocycles. The van der Waals surface area contributed by atoms with E-state index in [9.17, 15) is 5.11 Å². The van der Waals surface area contributed by atoms with Gasteiger partial charge in [-0.2, -0.15) is 0 Å². The van der Waals surface area contributed by atoms with Gasteiger partial charge in [-0.25, -0.2) is 0 Å². The molecular formula is C21H36N4O4. The van der Waals surface area contributed by atoms with Crippen LogP contribution in [0.25, 0.3) is 0 Å². The molecule has 2 aliphatic rings. The first-order chi connectivity index (χ1) is 14.1. The van der Waals surface area contributed by atoms with E-state index in [0.29, 0.717) is 18.8 Å². The molecule has 0 unspecified atom stereocenters. The molecule has 0 radical (unpaired) electrons. The van der Waals surface area contributed by atoms with Gasteiger partial charge in [0.1, 0.15) is 11.5 Å². The van der Waals surface area contributed by atoms with Gasteiger partial charge in [-0.05, 0) is 12.1 Å². The Morgan fingerprint density at radius 3 is 1.45 bits per heavy atom. The molecule has 3 rings (SSSR count). The number of methoxy groups -OCH3 is 1. The molecule has 0 atom stereocenters. The number of nitrogens with zero attached hydrogens (tertiary/aromatic N) is 4. The number of aromatic hydroxyl groups is 1. The van der Waals surface area contributed by atoms with Crippen LogP contribution in [0, 0.1) is 0 Å². The molecule has 29 heavy (non-hydrogen) atoms. The van der Waals surface area contributed by atoms with Crippen LogP contribution < -0.4 is 4.74 Å². The number of piperazine rings is 2. The lowest BCUT2D eigenvalue weighted by Gasteiger charge is -2.35. The van der Waals surface area contributed by atoms with Crippen molar-refractivity contribution in [3.63, 3.8) is 0 Å². The van der Waals surface area contributed by atoms with Crippen LogP contribution in [0.3, 0.4) is 0 Å². The minimum atomic E-state index is 0.203. The Morgan fingerprint density at radius 1 is 0.724 bits per heavy atom. The number of hydrogen-bond acceptors (Lipinski definition) is 8. The molecule has 1 aromatic rings. The predicted molar refractivity (Wildman–Crippen MR) is 112 cm³/mol. The van der Waals surface area contributed by atoms with Crippen molar-refractivity contribution in [3.05, 3.63) is 23.3 Å². The minimum absolute atomic E-state index is 0.203. The number of aliphatic hydroxyl groups excluding tert-OH is 2. The summed E-state index contributed by atoms with van der Waals surface area (Å²) in [6.07, 6.45) is 0. The Labute approximate surface area is 173 Å². The monoisotopic (exact) mass is 408 g/mol. The van der Waals surface area contributed by atoms with Crippen molar-refractivity contribution >= 4 is 0 Å². The second kappa shape index (κ2) is 11.1. The standard InChI is InChI=1S/C21H36N4O4/c1-29-20-14-18(16-24-6-2-22(3-7-24)10-12-26)21(28)19(15-20)17-25-8-4-23(5-9-25)11-13-27/h14-15,26-28H,2-13,16-17H2,1H3. The van der Waals surface area contributed by atoms with Crippen molar-refractivity contribution in [1.82, 2.24) is 19.6 Å². The molecule has 2 fully saturated rings. The van der Waals surface area contributed by atoms with Gasteiger partial charge in [0.05, 0.1) is 20.3 Å². The molecule has 0 aromatic heterocycles. The number of rotatable bonds is 9. The van der Waals surface area contributed by atoms with E-state index in [1.165, 1.54) is 0 Å². The fraction of sp³-hybridized carbons (Fsp3) is 0.714. The van der Waals surface area contributed by atoms with Crippen LogP contribution in [0.15, 0.2) is 12.1 Å². The molecular weight excluding hydrogens is 372 g/mol. The van der Waals surface area contributed by atoms with E-state index in [2.05, 4.69) is 19.6 Å². The van der Waals surface area contributed by atoms with E-state index in [4.69, 9.17) is 14.9 Å². The smallest absolute Gasteiger partial charge is 0.124 e. The Balaban J connectivity index is 1.62. The van der Waals surface area contributed by atoms with Gasteiger partial charge in [-0.1, -0.05) is 0 Å². The zero-order valence-corrected chi connectivity index (χ0v) is 17.6. The van der Waals surface area contributed by atoms with Crippen LogP contribution >= 0.6 is 0 Å². The van der Waals surface area contributed by atoms with Gasteiger partial charge in [0, 0.05) is 89.7 Å². The second-order valence-electron chi connectivity index (χ2n) is 7.98. The van der Waals surface area contributed by atoms with Crippen molar-refractivity contribution in [2.45, 2.75) is 13.1 Å². The lowest BCUT2D eigenvalue weighted by molar-refractivity contribution is 0.106. The number of phenolic OH excluding ortho intramolecular Hbond substituents is 1. The Bertz CT molecular complexity index is 580. The topological polar surface area (TPSA) is 82.9 Å². The predicted octanol–water partition coefficient (Wildman–Crippen LogP) is -0.379. The molecule has 0 amide bonds. The van der Waals surface area contributed by atoms with E-state index in [1.807, 2.05) is 12.1 Å². The molecule has 0 bridgehead atoms. The number of phenols is 1. The third kappa shape index (κ3) is 6.28. The quantitative estimate of drug-likeness (QED) is 0.510. The average Bonchev–Trinajstić information content (AvgIpc) is 2.74. The second-order valence-corrected chi connectivity index (χ2v) is 7.98. The van der Waals surface area contributed by atoms with E-state index >= 15 is 0 Å². The number of benzene rings is 1. The van der Waals surface area contributed by atoms with Gasteiger partial charge in [0.25, 0.3) is 0 Å². The third-order valence-corrected chi connectivity index (χ3v) is 6.03. The highest BCUT2D eigenvalue weighted by Crippen LogP contribution is 2.31. The third-order valence-electron chi connectivity index (χ3n) is 6.03. The van der Waals surface area contributed by atoms with Gasteiger partial charge in [-0.3, -0.25) is 19.6 Å². The van der Waals surface area contributed by atoms with Gasteiger partial charge in [0.2, 0.25) is 0 Å². The summed E-state index contributed by atoms with van der Waals surface area (Å²) in [6.45, 7) is 10.7. The van der Waals surface area contributed by atoms with Gasteiger partial charge in [-0.15, -0.1) is 0 Å². The molecule has 2 aliphatic heterocycles. The summed E-state index contributed by atoms with van der Waals surface area (Å²) in [5.41, 5.74) is 1.82. The maximum Gasteiger partial charge on any atom is 0.124 e. The Morgan fingerprint density at radius 2 is 1.10 bits per heavy atom. The molecule has 0 spiro atoms. The number of ether oxygens (including phenoxy) is 1. The van der Waals surface area contributed by atoms with Gasteiger partial charge in [0.15, 0.2) is 0 Å². The van der Waals surface area contributed by atoms with E-state index in [1.54, 1.807) is 7.11 Å². The maximum absolute atomic E-state index is 10.9. The van der Waals surface area contributed by atoms with E-state index in [0.717, 1.165) is 82.3 Å². The fourth-order valence-corrected chi connectivity index (χ4v) is 4.19. The zero-order chi connectivity index (χ0) is 20.6. The molecule has 0 aliphatic carbocycles. The number of aliphatic hydroxyl groups is 2. The Kier molecular flexibility index (Phi) is 8.53. The number of hydrogen-bond donors (Lipinski definition) is 3. The first kappa shape index (κ1) is 22.3. The van der Waals surface area contributed by atoms with Crippen molar-refractivity contribution in [3.8, 4) is 11.5 Å². The van der Waals surface area contributed by atoms with Crippen molar-refractivity contribution < 1.29 is 20.1 Å². The average molecular weight is 409 g/mol. The van der Waals surface area contributed by atoms with Gasteiger partial charge < -0.3 is 20.1 Å². The van der Waals surface area contributed by atoms with Crippen LogP contribution in [0.1, 0.15) is 11.1 Å². The van der Waals surface area contributed by atoms with Gasteiger partial charge >= 0.3 is 0 Å². The summed E-state index contributed by atoms with van der Waals surface area (Å²) in [5, 5.41) is 29.1. The van der Waals surface area contributed by atoms with Crippen molar-refractivity contribution in [2.75, 3.05) is 85.8 Å². The highest BCUT2D eigenvalue weighted by Gasteiger charge is 2.21. The summed E-state index contributed by atoms with van der Waals surface area (Å²) < 4.78 is 5.51. The lowest BCUT2D eigenvalue weighted by atomic mass is 10.1. The fourth-order valence-electron chi connectivity index (χ4n) is 4.19. The lowest BCUT2D eigenvalue weighted by Crippen LogP contribution is -2.47. The first-order valence-electron chi connectivity index (χ1n) is 10.6. The Hall–Kier alpha value is -1.42. The largest absolute Gasteiger partial charge is 0.507 e. The minimum Gasteiger partial charge on any atom is -0.507 e. The highest BCUT2D eigenvalue weighted by molar-refractivity contribution is 5.46. The van der Waals surface area contributed by atoms with Crippen LogP contribution in [0.5, 0.6) is 11.5 Å². The van der Waals surface area contributed by atoms with E-state index in [-0.39, 0.29) is 13.2 Å².